The van der Waals surface area contributed by atoms with Gasteiger partial charge in [0.1, 0.15) is 0 Å². The number of carbonyl (C=O) groups is 1. The first-order valence-electron chi connectivity index (χ1n) is 5.85. The number of anilines is 1. The van der Waals surface area contributed by atoms with E-state index in [1.807, 2.05) is 26.0 Å². The summed E-state index contributed by atoms with van der Waals surface area (Å²) in [6.45, 7) is 4.29. The molecular formula is C13H19ClN2O. The molecule has 0 aliphatic heterocycles. The van der Waals surface area contributed by atoms with Gasteiger partial charge in [0.05, 0.1) is 16.1 Å². The van der Waals surface area contributed by atoms with Gasteiger partial charge in [0.15, 0.2) is 0 Å². The van der Waals surface area contributed by atoms with Crippen molar-refractivity contribution in [2.75, 3.05) is 11.9 Å². The van der Waals surface area contributed by atoms with E-state index in [1.165, 1.54) is 0 Å². The van der Waals surface area contributed by atoms with E-state index in [4.69, 9.17) is 17.3 Å². The number of nitrogens with two attached hydrogens (primary N) is 1. The largest absolute Gasteiger partial charge is 0.329 e. The number of amides is 1. The zero-order chi connectivity index (χ0) is 12.9. The molecule has 0 radical (unpaired) electrons. The molecule has 4 heteroatoms. The molecule has 0 atom stereocenters. The Morgan fingerprint density at radius 1 is 1.35 bits per heavy atom. The predicted octanol–water partition coefficient (Wildman–Crippen LogP) is 3.04. The SMILES string of the molecule is CCC(CC)(CN)C(=O)Nc1ccccc1Cl. The topological polar surface area (TPSA) is 55.1 Å². The molecular weight excluding hydrogens is 236 g/mol. The number of hydrogen-bond acceptors (Lipinski definition) is 2. The number of para-hydroxylation sites is 1. The molecule has 0 heterocycles. The van der Waals surface area contributed by atoms with Crippen LogP contribution in [0, 0.1) is 5.41 Å². The summed E-state index contributed by atoms with van der Waals surface area (Å²) < 4.78 is 0. The Morgan fingerprint density at radius 2 is 1.94 bits per heavy atom. The molecule has 3 N–H and O–H groups in total. The van der Waals surface area contributed by atoms with Crippen LogP contribution in [0.25, 0.3) is 0 Å². The van der Waals surface area contributed by atoms with Crippen LogP contribution in [0.15, 0.2) is 24.3 Å². The second-order valence-electron chi connectivity index (χ2n) is 4.13. The fourth-order valence-corrected chi connectivity index (χ4v) is 1.95. The van der Waals surface area contributed by atoms with Gasteiger partial charge in [0.2, 0.25) is 5.91 Å². The highest BCUT2D eigenvalue weighted by atomic mass is 35.5. The summed E-state index contributed by atoms with van der Waals surface area (Å²) in [5.74, 6) is -0.0573. The van der Waals surface area contributed by atoms with Crippen LogP contribution in [0.1, 0.15) is 26.7 Å². The van der Waals surface area contributed by atoms with Crippen molar-refractivity contribution in [1.29, 1.82) is 0 Å². The molecule has 1 amide bonds. The predicted molar refractivity (Wildman–Crippen MR) is 72.2 cm³/mol. The van der Waals surface area contributed by atoms with Gasteiger partial charge in [-0.2, -0.15) is 0 Å². The standard InChI is InChI=1S/C13H19ClN2O/c1-3-13(4-2,9-15)12(17)16-11-8-6-5-7-10(11)14/h5-8H,3-4,9,15H2,1-2H3,(H,16,17). The van der Waals surface area contributed by atoms with Gasteiger partial charge >= 0.3 is 0 Å². The van der Waals surface area contributed by atoms with Gasteiger partial charge in [-0.3, -0.25) is 4.79 Å². The molecule has 0 fully saturated rings. The van der Waals surface area contributed by atoms with Gasteiger partial charge in [-0.1, -0.05) is 37.6 Å². The minimum absolute atomic E-state index is 0.0573. The van der Waals surface area contributed by atoms with E-state index < -0.39 is 5.41 Å². The lowest BCUT2D eigenvalue weighted by Gasteiger charge is -2.28. The second-order valence-corrected chi connectivity index (χ2v) is 4.53. The second kappa shape index (κ2) is 6.03. The Labute approximate surface area is 107 Å². The molecule has 0 saturated heterocycles. The Hall–Kier alpha value is -1.06. The van der Waals surface area contributed by atoms with Crippen LogP contribution in [-0.2, 0) is 4.79 Å². The zero-order valence-corrected chi connectivity index (χ0v) is 11.1. The van der Waals surface area contributed by atoms with Crippen LogP contribution in [0.4, 0.5) is 5.69 Å². The van der Waals surface area contributed by atoms with Crippen LogP contribution >= 0.6 is 11.6 Å². The van der Waals surface area contributed by atoms with Gasteiger partial charge in [0.25, 0.3) is 0 Å². The average Bonchev–Trinajstić information content (AvgIpc) is 2.35. The van der Waals surface area contributed by atoms with E-state index in [0.29, 0.717) is 17.3 Å². The fraction of sp³-hybridized carbons (Fsp3) is 0.462. The molecule has 1 aromatic carbocycles. The third-order valence-electron chi connectivity index (χ3n) is 3.35. The van der Waals surface area contributed by atoms with Crippen molar-refractivity contribution in [3.63, 3.8) is 0 Å². The summed E-state index contributed by atoms with van der Waals surface area (Å²) in [5, 5.41) is 3.39. The molecule has 1 rings (SSSR count). The number of halogens is 1. The Bertz CT molecular complexity index is 380. The fourth-order valence-electron chi connectivity index (χ4n) is 1.77. The molecule has 0 saturated carbocycles. The quantitative estimate of drug-likeness (QED) is 0.849. The third-order valence-corrected chi connectivity index (χ3v) is 3.68. The van der Waals surface area contributed by atoms with Gasteiger partial charge in [0, 0.05) is 6.54 Å². The van der Waals surface area contributed by atoms with Gasteiger partial charge in [-0.25, -0.2) is 0 Å². The van der Waals surface area contributed by atoms with Crippen LogP contribution in [-0.4, -0.2) is 12.5 Å². The van der Waals surface area contributed by atoms with E-state index in [-0.39, 0.29) is 5.91 Å². The first-order chi connectivity index (χ1) is 8.09. The highest BCUT2D eigenvalue weighted by molar-refractivity contribution is 6.33. The molecule has 0 aromatic heterocycles. The minimum atomic E-state index is -0.501. The van der Waals surface area contributed by atoms with Crippen LogP contribution in [0.2, 0.25) is 5.02 Å². The molecule has 0 bridgehead atoms. The zero-order valence-electron chi connectivity index (χ0n) is 10.3. The smallest absolute Gasteiger partial charge is 0.231 e. The molecule has 0 aliphatic carbocycles. The summed E-state index contributed by atoms with van der Waals surface area (Å²) in [4.78, 5) is 12.2. The average molecular weight is 255 g/mol. The molecule has 1 aromatic rings. The maximum atomic E-state index is 12.2. The molecule has 0 aliphatic rings. The number of nitrogens with one attached hydrogen (secondary N) is 1. The van der Waals surface area contributed by atoms with Crippen LogP contribution < -0.4 is 11.1 Å². The van der Waals surface area contributed by atoms with Gasteiger partial charge in [-0.15, -0.1) is 0 Å². The molecule has 17 heavy (non-hydrogen) atoms. The summed E-state index contributed by atoms with van der Waals surface area (Å²) in [6.07, 6.45) is 1.44. The Kier molecular flexibility index (Phi) is 4.97. The number of benzene rings is 1. The van der Waals surface area contributed by atoms with Crippen molar-refractivity contribution >= 4 is 23.2 Å². The van der Waals surface area contributed by atoms with Crippen molar-refractivity contribution in [3.05, 3.63) is 29.3 Å². The molecule has 0 spiro atoms. The minimum Gasteiger partial charge on any atom is -0.329 e. The number of hydrogen-bond donors (Lipinski definition) is 2. The monoisotopic (exact) mass is 254 g/mol. The lowest BCUT2D eigenvalue weighted by molar-refractivity contribution is -0.125. The van der Waals surface area contributed by atoms with Crippen molar-refractivity contribution in [2.45, 2.75) is 26.7 Å². The van der Waals surface area contributed by atoms with Crippen molar-refractivity contribution in [2.24, 2.45) is 11.1 Å². The van der Waals surface area contributed by atoms with Crippen molar-refractivity contribution in [3.8, 4) is 0 Å². The van der Waals surface area contributed by atoms with E-state index in [9.17, 15) is 4.79 Å². The highest BCUT2D eigenvalue weighted by Crippen LogP contribution is 2.28. The summed E-state index contributed by atoms with van der Waals surface area (Å²) in [6, 6.07) is 7.20. The van der Waals surface area contributed by atoms with E-state index >= 15 is 0 Å². The van der Waals surface area contributed by atoms with Crippen molar-refractivity contribution < 1.29 is 4.79 Å². The summed E-state index contributed by atoms with van der Waals surface area (Å²) in [5.41, 5.74) is 5.86. The van der Waals surface area contributed by atoms with Crippen LogP contribution in [0.5, 0.6) is 0 Å². The van der Waals surface area contributed by atoms with Crippen molar-refractivity contribution in [1.82, 2.24) is 0 Å². The molecule has 3 nitrogen and oxygen atoms in total. The Morgan fingerprint density at radius 3 is 2.41 bits per heavy atom. The molecule has 0 unspecified atom stereocenters. The van der Waals surface area contributed by atoms with Gasteiger partial charge < -0.3 is 11.1 Å². The maximum Gasteiger partial charge on any atom is 0.231 e. The van der Waals surface area contributed by atoms with Gasteiger partial charge in [-0.05, 0) is 25.0 Å². The van der Waals surface area contributed by atoms with Crippen LogP contribution in [0.3, 0.4) is 0 Å². The summed E-state index contributed by atoms with van der Waals surface area (Å²) in [7, 11) is 0. The lowest BCUT2D eigenvalue weighted by Crippen LogP contribution is -2.41. The number of rotatable bonds is 5. The van der Waals surface area contributed by atoms with E-state index in [1.54, 1.807) is 12.1 Å². The first-order valence-corrected chi connectivity index (χ1v) is 6.23. The van der Waals surface area contributed by atoms with E-state index in [2.05, 4.69) is 5.32 Å². The molecule has 94 valence electrons. The highest BCUT2D eigenvalue weighted by Gasteiger charge is 2.33. The Balaban J connectivity index is 2.88. The lowest BCUT2D eigenvalue weighted by atomic mass is 9.81. The third kappa shape index (κ3) is 2.99. The van der Waals surface area contributed by atoms with E-state index in [0.717, 1.165) is 12.8 Å². The summed E-state index contributed by atoms with van der Waals surface area (Å²) >= 11 is 6.00. The number of carbonyl (C=O) groups excluding carboxylic acids is 1. The maximum absolute atomic E-state index is 12.2. The normalized spacial score (nSPS) is 11.3. The first kappa shape index (κ1) is 14.0.